The van der Waals surface area contributed by atoms with Gasteiger partial charge in [0.1, 0.15) is 0 Å². The van der Waals surface area contributed by atoms with Crippen LogP contribution in [0.2, 0.25) is 10.0 Å². The Morgan fingerprint density at radius 3 is 2.60 bits per heavy atom. The summed E-state index contributed by atoms with van der Waals surface area (Å²) in [6.07, 6.45) is 0.785. The van der Waals surface area contributed by atoms with Crippen LogP contribution in [0.1, 0.15) is 27.3 Å². The highest BCUT2D eigenvalue weighted by Crippen LogP contribution is 2.20. The van der Waals surface area contributed by atoms with Gasteiger partial charge in [0.05, 0.1) is 10.6 Å². The van der Waals surface area contributed by atoms with Crippen LogP contribution in [0.4, 0.5) is 0 Å². The Balaban J connectivity index is 1.94. The number of aromatic nitrogens is 1. The highest BCUT2D eigenvalue weighted by atomic mass is 35.5. The van der Waals surface area contributed by atoms with Gasteiger partial charge in [0.2, 0.25) is 0 Å². The minimum atomic E-state index is -0.184. The number of halogens is 2. The summed E-state index contributed by atoms with van der Waals surface area (Å²) in [5.74, 6) is -0.184. The molecule has 2 N–H and O–H groups in total. The first-order valence-electron chi connectivity index (χ1n) is 6.35. The van der Waals surface area contributed by atoms with Crippen LogP contribution in [0.5, 0.6) is 0 Å². The number of rotatable bonds is 4. The molecule has 0 aliphatic heterocycles. The first-order chi connectivity index (χ1) is 9.47. The number of amides is 1. The fourth-order valence-corrected chi connectivity index (χ4v) is 2.62. The number of hydrogen-bond acceptors (Lipinski definition) is 1. The first kappa shape index (κ1) is 14.9. The Bertz CT molecular complexity index is 635. The third kappa shape index (κ3) is 3.56. The monoisotopic (exact) mass is 310 g/mol. The number of carbonyl (C=O) groups excluding carboxylic acids is 1. The van der Waals surface area contributed by atoms with Crippen LogP contribution in [0.25, 0.3) is 0 Å². The van der Waals surface area contributed by atoms with Crippen LogP contribution >= 0.6 is 23.2 Å². The van der Waals surface area contributed by atoms with E-state index in [0.29, 0.717) is 22.2 Å². The van der Waals surface area contributed by atoms with Gasteiger partial charge in [-0.2, -0.15) is 0 Å². The maximum atomic E-state index is 12.0. The summed E-state index contributed by atoms with van der Waals surface area (Å²) in [4.78, 5) is 15.3. The topological polar surface area (TPSA) is 44.9 Å². The van der Waals surface area contributed by atoms with Crippen LogP contribution in [-0.4, -0.2) is 17.4 Å². The molecule has 5 heteroatoms. The lowest BCUT2D eigenvalue weighted by atomic mass is 10.1. The summed E-state index contributed by atoms with van der Waals surface area (Å²) in [5, 5.41) is 3.75. The van der Waals surface area contributed by atoms with E-state index in [-0.39, 0.29) is 5.91 Å². The van der Waals surface area contributed by atoms with Crippen molar-refractivity contribution in [2.45, 2.75) is 20.3 Å². The van der Waals surface area contributed by atoms with Gasteiger partial charge >= 0.3 is 0 Å². The molecular weight excluding hydrogens is 295 g/mol. The van der Waals surface area contributed by atoms with Crippen LogP contribution in [0.15, 0.2) is 24.3 Å². The molecule has 0 fully saturated rings. The highest BCUT2D eigenvalue weighted by Gasteiger charge is 2.10. The number of hydrogen-bond donors (Lipinski definition) is 2. The van der Waals surface area contributed by atoms with Gasteiger partial charge in [-0.25, -0.2) is 0 Å². The molecule has 106 valence electrons. The third-order valence-corrected chi connectivity index (χ3v) is 3.66. The second-order valence-electron chi connectivity index (χ2n) is 4.73. The van der Waals surface area contributed by atoms with E-state index in [1.165, 1.54) is 5.56 Å². The number of nitrogens with one attached hydrogen (secondary N) is 2. The molecule has 3 nitrogen and oxygen atoms in total. The summed E-state index contributed by atoms with van der Waals surface area (Å²) in [6, 6.07) is 6.95. The van der Waals surface area contributed by atoms with Gasteiger partial charge in [0.15, 0.2) is 0 Å². The molecule has 2 rings (SSSR count). The average Bonchev–Trinajstić information content (AvgIpc) is 2.67. The lowest BCUT2D eigenvalue weighted by Crippen LogP contribution is -2.26. The molecular formula is C15H16Cl2N2O. The molecule has 1 heterocycles. The highest BCUT2D eigenvalue weighted by molar-refractivity contribution is 6.36. The predicted octanol–water partition coefficient (Wildman–Crippen LogP) is 3.91. The van der Waals surface area contributed by atoms with Gasteiger partial charge in [-0.05, 0) is 50.1 Å². The molecule has 0 aliphatic rings. The average molecular weight is 311 g/mol. The Morgan fingerprint density at radius 2 is 2.00 bits per heavy atom. The summed E-state index contributed by atoms with van der Waals surface area (Å²) < 4.78 is 0. The van der Waals surface area contributed by atoms with E-state index in [2.05, 4.69) is 16.4 Å². The number of aromatic amines is 1. The zero-order chi connectivity index (χ0) is 14.7. The predicted molar refractivity (Wildman–Crippen MR) is 82.8 cm³/mol. The number of aryl methyl sites for hydroxylation is 2. The van der Waals surface area contributed by atoms with Crippen LogP contribution < -0.4 is 5.32 Å². The largest absolute Gasteiger partial charge is 0.362 e. The van der Waals surface area contributed by atoms with E-state index in [4.69, 9.17) is 23.2 Å². The lowest BCUT2D eigenvalue weighted by Gasteiger charge is -2.07. The minimum Gasteiger partial charge on any atom is -0.362 e. The van der Waals surface area contributed by atoms with E-state index in [1.807, 2.05) is 13.8 Å². The minimum absolute atomic E-state index is 0.184. The van der Waals surface area contributed by atoms with Gasteiger partial charge in [-0.1, -0.05) is 23.2 Å². The standard InChI is InChI=1S/C15H16Cl2N2O/c1-9-7-11(10(2)19-9)5-6-18-15(20)13-4-3-12(16)8-14(13)17/h3-4,7-8,19H,5-6H2,1-2H3,(H,18,20). The van der Waals surface area contributed by atoms with E-state index in [0.717, 1.165) is 17.8 Å². The Labute approximate surface area is 128 Å². The molecule has 0 aliphatic carbocycles. The molecule has 1 aromatic heterocycles. The molecule has 2 aromatic rings. The van der Waals surface area contributed by atoms with Gasteiger partial charge in [0.25, 0.3) is 5.91 Å². The molecule has 0 saturated carbocycles. The molecule has 0 saturated heterocycles. The summed E-state index contributed by atoms with van der Waals surface area (Å²) in [7, 11) is 0. The summed E-state index contributed by atoms with van der Waals surface area (Å²) >= 11 is 11.8. The lowest BCUT2D eigenvalue weighted by molar-refractivity contribution is 0.0954. The van der Waals surface area contributed by atoms with Crippen LogP contribution in [-0.2, 0) is 6.42 Å². The van der Waals surface area contributed by atoms with Crippen molar-refractivity contribution in [3.63, 3.8) is 0 Å². The van der Waals surface area contributed by atoms with Gasteiger partial charge in [-0.15, -0.1) is 0 Å². The van der Waals surface area contributed by atoms with Crippen molar-refractivity contribution in [1.82, 2.24) is 10.3 Å². The molecule has 0 radical (unpaired) electrons. The molecule has 0 spiro atoms. The van der Waals surface area contributed by atoms with Crippen molar-refractivity contribution in [2.24, 2.45) is 0 Å². The molecule has 1 amide bonds. The SMILES string of the molecule is Cc1cc(CCNC(=O)c2ccc(Cl)cc2Cl)c(C)[nH]1. The fraction of sp³-hybridized carbons (Fsp3) is 0.267. The van der Waals surface area contributed by atoms with Gasteiger partial charge < -0.3 is 10.3 Å². The van der Waals surface area contributed by atoms with E-state index in [9.17, 15) is 4.79 Å². The fourth-order valence-electron chi connectivity index (χ4n) is 2.12. The van der Waals surface area contributed by atoms with Gasteiger partial charge in [0, 0.05) is 23.0 Å². The van der Waals surface area contributed by atoms with Crippen molar-refractivity contribution < 1.29 is 4.79 Å². The van der Waals surface area contributed by atoms with E-state index in [1.54, 1.807) is 18.2 Å². The van der Waals surface area contributed by atoms with E-state index >= 15 is 0 Å². The molecule has 20 heavy (non-hydrogen) atoms. The first-order valence-corrected chi connectivity index (χ1v) is 7.11. The molecule has 1 aromatic carbocycles. The number of carbonyl (C=O) groups is 1. The van der Waals surface area contributed by atoms with Crippen molar-refractivity contribution in [3.05, 3.63) is 56.8 Å². The zero-order valence-electron chi connectivity index (χ0n) is 11.4. The van der Waals surface area contributed by atoms with Crippen molar-refractivity contribution in [2.75, 3.05) is 6.54 Å². The molecule has 0 bridgehead atoms. The molecule has 0 unspecified atom stereocenters. The van der Waals surface area contributed by atoms with Crippen molar-refractivity contribution >= 4 is 29.1 Å². The molecule has 0 atom stereocenters. The Kier molecular flexibility index (Phi) is 4.73. The van der Waals surface area contributed by atoms with Crippen molar-refractivity contribution in [3.8, 4) is 0 Å². The second-order valence-corrected chi connectivity index (χ2v) is 5.58. The van der Waals surface area contributed by atoms with E-state index < -0.39 is 0 Å². The second kappa shape index (κ2) is 6.33. The summed E-state index contributed by atoms with van der Waals surface area (Å²) in [6.45, 7) is 4.61. The smallest absolute Gasteiger partial charge is 0.252 e. The third-order valence-electron chi connectivity index (χ3n) is 3.11. The Morgan fingerprint density at radius 1 is 1.25 bits per heavy atom. The quantitative estimate of drug-likeness (QED) is 0.883. The number of benzene rings is 1. The van der Waals surface area contributed by atoms with Crippen molar-refractivity contribution in [1.29, 1.82) is 0 Å². The Hall–Kier alpha value is -1.45. The normalized spacial score (nSPS) is 10.6. The zero-order valence-corrected chi connectivity index (χ0v) is 12.9. The van der Waals surface area contributed by atoms with Crippen LogP contribution in [0, 0.1) is 13.8 Å². The van der Waals surface area contributed by atoms with Crippen LogP contribution in [0.3, 0.4) is 0 Å². The maximum Gasteiger partial charge on any atom is 0.252 e. The summed E-state index contributed by atoms with van der Waals surface area (Å²) in [5.41, 5.74) is 3.92. The maximum absolute atomic E-state index is 12.0. The van der Waals surface area contributed by atoms with Gasteiger partial charge in [-0.3, -0.25) is 4.79 Å². The number of H-pyrrole nitrogens is 1.